The van der Waals surface area contributed by atoms with Crippen molar-refractivity contribution in [2.75, 3.05) is 0 Å². The highest BCUT2D eigenvalue weighted by atomic mass is 15.0. The number of allylic oxidation sites excluding steroid dienone is 10. The molecule has 16 rings (SSSR count). The fraction of sp³-hybridized carbons (Fsp3) is 0.0759. The van der Waals surface area contributed by atoms with Gasteiger partial charge in [-0.05, 0) is 102 Å². The summed E-state index contributed by atoms with van der Waals surface area (Å²) in [6, 6.07) is 96.2. The lowest BCUT2D eigenvalue weighted by Gasteiger charge is -2.44. The molecule has 3 heteroatoms. The maximum Gasteiger partial charge on any atom is 0.164 e. The number of fused-ring (bicyclic) bond motifs is 9. The minimum Gasteiger partial charge on any atom is -0.208 e. The molecule has 5 aliphatic rings. The van der Waals surface area contributed by atoms with Crippen LogP contribution in [-0.4, -0.2) is 15.0 Å². The van der Waals surface area contributed by atoms with Crippen LogP contribution in [0.15, 0.2) is 316 Å². The van der Waals surface area contributed by atoms with Gasteiger partial charge in [0.05, 0.1) is 16.2 Å². The number of aromatic nitrogens is 3. The zero-order valence-corrected chi connectivity index (χ0v) is 45.1. The standard InChI is InChI=1S/C79H55N3/c1-7-26-57(27-8-1)77(58-28-9-2-10-29-58)63-38-20-19-25-53(49-63)64-46-43-54(50-71(64)77)74-80-75(55-44-47-67-65-39-21-23-41-69(65)78(72(67)51-55,59-30-11-3-12-31-59)60-32-13-4-14-33-60)82-76(81-74)56-45-48-68-66-40-22-24-42-70(66)79(73(68)52-56,61-34-15-5-16-35-61)62-36-17-6-18-37-62/h1-52,63,65,69H. The smallest absolute Gasteiger partial charge is 0.164 e. The van der Waals surface area contributed by atoms with Gasteiger partial charge >= 0.3 is 0 Å². The Hall–Kier alpha value is -10.1. The van der Waals surface area contributed by atoms with Crippen molar-refractivity contribution in [1.82, 2.24) is 15.0 Å². The quantitative estimate of drug-likeness (QED) is 0.145. The third-order valence-electron chi connectivity index (χ3n) is 18.6. The fourth-order valence-electron chi connectivity index (χ4n) is 15.2. The van der Waals surface area contributed by atoms with Crippen molar-refractivity contribution in [3.8, 4) is 45.3 Å². The van der Waals surface area contributed by atoms with Gasteiger partial charge in [0.1, 0.15) is 0 Å². The number of nitrogens with zero attached hydrogens (tertiary/aromatic N) is 3. The van der Waals surface area contributed by atoms with Crippen molar-refractivity contribution in [3.05, 3.63) is 382 Å². The van der Waals surface area contributed by atoms with Crippen molar-refractivity contribution >= 4 is 5.57 Å². The molecule has 0 N–H and O–H groups in total. The molecule has 0 spiro atoms. The highest BCUT2D eigenvalue weighted by molar-refractivity contribution is 5.89. The van der Waals surface area contributed by atoms with Crippen molar-refractivity contribution in [1.29, 1.82) is 0 Å². The van der Waals surface area contributed by atoms with Gasteiger partial charge in [0, 0.05) is 34.4 Å². The third-order valence-corrected chi connectivity index (χ3v) is 18.6. The molecule has 0 radical (unpaired) electrons. The Labute approximate surface area is 479 Å². The lowest BCUT2D eigenvalue weighted by Crippen LogP contribution is -2.39. The van der Waals surface area contributed by atoms with Crippen LogP contribution in [0, 0.1) is 11.8 Å². The summed E-state index contributed by atoms with van der Waals surface area (Å²) in [5, 5.41) is 0. The maximum absolute atomic E-state index is 5.68. The van der Waals surface area contributed by atoms with E-state index >= 15 is 0 Å². The van der Waals surface area contributed by atoms with Crippen molar-refractivity contribution < 1.29 is 0 Å². The van der Waals surface area contributed by atoms with Gasteiger partial charge < -0.3 is 0 Å². The average Bonchev–Trinajstić information content (AvgIpc) is 3.33. The minimum absolute atomic E-state index is 0.0221. The van der Waals surface area contributed by atoms with Gasteiger partial charge in [-0.15, -0.1) is 0 Å². The van der Waals surface area contributed by atoms with Crippen LogP contribution in [0.1, 0.15) is 72.7 Å². The Kier molecular flexibility index (Phi) is 11.1. The van der Waals surface area contributed by atoms with E-state index in [0.717, 1.165) is 16.7 Å². The highest BCUT2D eigenvalue weighted by Crippen LogP contribution is 2.61. The molecule has 10 aromatic carbocycles. The lowest BCUT2D eigenvalue weighted by molar-refractivity contribution is 0.457. The van der Waals surface area contributed by atoms with E-state index in [4.69, 9.17) is 15.0 Å². The SMILES string of the molecule is C1=CC2=CC(C=C1)C(c1ccccc1)(c1ccccc1)c1cc(-c3nc(-c4ccc5c(c4)C(c4ccccc4)(c4ccccc4)c4ccccc4-5)nc(-c4ccc5c(c4)C(c4ccccc4)(c4ccccc4)C4C=CC=CC54)n3)ccc12. The Morgan fingerprint density at radius 3 is 1.29 bits per heavy atom. The topological polar surface area (TPSA) is 38.7 Å². The molecule has 0 saturated heterocycles. The van der Waals surface area contributed by atoms with Gasteiger partial charge in [0.25, 0.3) is 0 Å². The van der Waals surface area contributed by atoms with E-state index in [1.54, 1.807) is 0 Å². The molecule has 3 atom stereocenters. The summed E-state index contributed by atoms with van der Waals surface area (Å²) in [5.74, 6) is 2.20. The molecule has 0 amide bonds. The lowest BCUT2D eigenvalue weighted by atomic mass is 9.57. The van der Waals surface area contributed by atoms with Crippen molar-refractivity contribution in [2.24, 2.45) is 11.8 Å². The summed E-state index contributed by atoms with van der Waals surface area (Å²) in [5.41, 5.74) is 19.6. The Balaban J connectivity index is 0.962. The van der Waals surface area contributed by atoms with Crippen LogP contribution >= 0.6 is 0 Å². The van der Waals surface area contributed by atoms with Crippen LogP contribution in [0.3, 0.4) is 0 Å². The predicted octanol–water partition coefficient (Wildman–Crippen LogP) is 17.9. The third kappa shape index (κ3) is 6.99. The summed E-state index contributed by atoms with van der Waals surface area (Å²) in [4.78, 5) is 17.0. The van der Waals surface area contributed by atoms with Gasteiger partial charge in [-0.1, -0.05) is 297 Å². The zero-order chi connectivity index (χ0) is 54.2. The molecule has 1 heterocycles. The van der Waals surface area contributed by atoms with Gasteiger partial charge in [-0.25, -0.2) is 15.0 Å². The summed E-state index contributed by atoms with van der Waals surface area (Å²) in [7, 11) is 0. The molecular formula is C79H55N3. The summed E-state index contributed by atoms with van der Waals surface area (Å²) >= 11 is 0. The molecule has 0 aliphatic heterocycles. The van der Waals surface area contributed by atoms with Gasteiger partial charge in [0.15, 0.2) is 17.5 Å². The van der Waals surface area contributed by atoms with Crippen LogP contribution in [0.4, 0.5) is 0 Å². The predicted molar refractivity (Wildman–Crippen MR) is 333 cm³/mol. The first kappa shape index (κ1) is 47.9. The van der Waals surface area contributed by atoms with Crippen molar-refractivity contribution in [2.45, 2.75) is 22.2 Å². The normalized spacial score (nSPS) is 18.5. The molecule has 0 fully saturated rings. The van der Waals surface area contributed by atoms with Crippen LogP contribution in [0.5, 0.6) is 0 Å². The van der Waals surface area contributed by atoms with E-state index < -0.39 is 16.2 Å². The first-order valence-electron chi connectivity index (χ1n) is 28.7. The number of rotatable bonds is 9. The number of hydrogen-bond donors (Lipinski definition) is 0. The van der Waals surface area contributed by atoms with Crippen LogP contribution in [-0.2, 0) is 16.2 Å². The van der Waals surface area contributed by atoms with Crippen LogP contribution < -0.4 is 0 Å². The van der Waals surface area contributed by atoms with E-state index in [0.29, 0.717) is 17.5 Å². The molecule has 2 bridgehead atoms. The largest absolute Gasteiger partial charge is 0.208 e. The molecule has 3 unspecified atom stereocenters. The molecule has 386 valence electrons. The van der Waals surface area contributed by atoms with Crippen LogP contribution in [0.2, 0.25) is 0 Å². The zero-order valence-electron chi connectivity index (χ0n) is 45.1. The van der Waals surface area contributed by atoms with Gasteiger partial charge in [0.2, 0.25) is 0 Å². The van der Waals surface area contributed by atoms with E-state index in [1.807, 2.05) is 0 Å². The summed E-state index contributed by atoms with van der Waals surface area (Å²) < 4.78 is 0. The second kappa shape index (κ2) is 19.0. The number of benzene rings is 10. The van der Waals surface area contributed by atoms with E-state index in [9.17, 15) is 0 Å². The summed E-state index contributed by atoms with van der Waals surface area (Å²) in [6.45, 7) is 0. The van der Waals surface area contributed by atoms with E-state index in [1.165, 1.54) is 83.5 Å². The minimum atomic E-state index is -0.605. The average molecular weight is 1050 g/mol. The molecule has 82 heavy (non-hydrogen) atoms. The molecule has 0 saturated carbocycles. The van der Waals surface area contributed by atoms with Crippen molar-refractivity contribution in [3.63, 3.8) is 0 Å². The monoisotopic (exact) mass is 1050 g/mol. The number of hydrogen-bond acceptors (Lipinski definition) is 3. The molecule has 11 aromatic rings. The first-order chi connectivity index (χ1) is 40.6. The molecule has 3 nitrogen and oxygen atoms in total. The second-order valence-electron chi connectivity index (χ2n) is 22.4. The van der Waals surface area contributed by atoms with Gasteiger partial charge in [-0.2, -0.15) is 0 Å². The molecule has 5 aliphatic carbocycles. The second-order valence-corrected chi connectivity index (χ2v) is 22.4. The van der Waals surface area contributed by atoms with Crippen LogP contribution in [0.25, 0.3) is 50.9 Å². The Bertz CT molecular complexity index is 4320. The molecular weight excluding hydrogens is 991 g/mol. The molecule has 1 aromatic heterocycles. The van der Waals surface area contributed by atoms with E-state index in [-0.39, 0.29) is 17.8 Å². The van der Waals surface area contributed by atoms with Gasteiger partial charge in [-0.3, -0.25) is 0 Å². The first-order valence-corrected chi connectivity index (χ1v) is 28.7. The Morgan fingerprint density at radius 2 is 0.732 bits per heavy atom. The fourth-order valence-corrected chi connectivity index (χ4v) is 15.2. The Morgan fingerprint density at radius 1 is 0.305 bits per heavy atom. The summed E-state index contributed by atoms with van der Waals surface area (Å²) in [6.07, 6.45) is 20.8. The maximum atomic E-state index is 5.68. The highest BCUT2D eigenvalue weighted by Gasteiger charge is 2.53. The van der Waals surface area contributed by atoms with E-state index in [2.05, 4.69) is 316 Å².